The molecule has 94 valence electrons. The number of nitrogens with zero attached hydrogens (tertiary/aromatic N) is 3. The van der Waals surface area contributed by atoms with Crippen LogP contribution in [-0.2, 0) is 6.54 Å². The van der Waals surface area contributed by atoms with Gasteiger partial charge in [0.25, 0.3) is 0 Å². The first kappa shape index (κ1) is 11.2. The quantitative estimate of drug-likeness (QED) is 0.893. The Morgan fingerprint density at radius 3 is 2.83 bits per heavy atom. The van der Waals surface area contributed by atoms with Crippen LogP contribution < -0.4 is 0 Å². The Hall–Kier alpha value is -1.88. The van der Waals surface area contributed by atoms with Gasteiger partial charge in [-0.25, -0.2) is 9.78 Å². The number of pyridine rings is 1. The maximum Gasteiger partial charge on any atom is 0.352 e. The van der Waals surface area contributed by atoms with Gasteiger partial charge in [0.15, 0.2) is 0 Å². The maximum atomic E-state index is 11.1. The molecule has 0 saturated carbocycles. The minimum absolute atomic E-state index is 0.257. The summed E-state index contributed by atoms with van der Waals surface area (Å²) in [5.41, 5.74) is 1.89. The molecule has 0 amide bonds. The van der Waals surface area contributed by atoms with Gasteiger partial charge in [0.05, 0.1) is 5.69 Å². The van der Waals surface area contributed by atoms with Crippen LogP contribution in [-0.4, -0.2) is 38.4 Å². The molecule has 3 heterocycles. The Balaban J connectivity index is 1.94. The number of aromatic carboxylic acids is 1. The first-order valence-electron chi connectivity index (χ1n) is 6.17. The van der Waals surface area contributed by atoms with E-state index in [9.17, 15) is 4.79 Å². The lowest BCUT2D eigenvalue weighted by atomic mass is 10.3. The fraction of sp³-hybridized carbons (Fsp3) is 0.385. The average Bonchev–Trinajstić information content (AvgIpc) is 2.96. The van der Waals surface area contributed by atoms with Gasteiger partial charge >= 0.3 is 5.97 Å². The van der Waals surface area contributed by atoms with Crippen LogP contribution in [0.2, 0.25) is 0 Å². The van der Waals surface area contributed by atoms with Gasteiger partial charge < -0.3 is 5.11 Å². The summed E-state index contributed by atoms with van der Waals surface area (Å²) in [5, 5.41) is 9.12. The summed E-state index contributed by atoms with van der Waals surface area (Å²) in [5.74, 6) is -0.925. The minimum atomic E-state index is -0.925. The van der Waals surface area contributed by atoms with Crippen molar-refractivity contribution in [3.05, 3.63) is 35.8 Å². The Kier molecular flexibility index (Phi) is 2.76. The van der Waals surface area contributed by atoms with E-state index >= 15 is 0 Å². The van der Waals surface area contributed by atoms with Crippen LogP contribution in [0.1, 0.15) is 29.0 Å². The lowest BCUT2D eigenvalue weighted by Gasteiger charge is -2.11. The maximum absolute atomic E-state index is 11.1. The molecule has 0 unspecified atom stereocenters. The number of fused-ring (bicyclic) bond motifs is 1. The predicted octanol–water partition coefficient (Wildman–Crippen LogP) is 1.63. The van der Waals surface area contributed by atoms with Crippen LogP contribution in [0.15, 0.2) is 24.4 Å². The second kappa shape index (κ2) is 4.42. The van der Waals surface area contributed by atoms with Gasteiger partial charge in [0, 0.05) is 12.7 Å². The number of hydrogen-bond acceptors (Lipinski definition) is 3. The van der Waals surface area contributed by atoms with Crippen LogP contribution in [0.25, 0.3) is 5.65 Å². The summed E-state index contributed by atoms with van der Waals surface area (Å²) in [6.07, 6.45) is 4.32. The molecule has 1 fully saturated rings. The summed E-state index contributed by atoms with van der Waals surface area (Å²) in [6.45, 7) is 3.03. The first-order valence-corrected chi connectivity index (χ1v) is 6.17. The highest BCUT2D eigenvalue weighted by Crippen LogP contribution is 2.14. The summed E-state index contributed by atoms with van der Waals surface area (Å²) in [7, 11) is 0. The molecule has 1 aliphatic heterocycles. The Morgan fingerprint density at radius 2 is 2.11 bits per heavy atom. The Morgan fingerprint density at radius 1 is 1.33 bits per heavy atom. The van der Waals surface area contributed by atoms with E-state index in [0.717, 1.165) is 25.3 Å². The fourth-order valence-electron chi connectivity index (χ4n) is 2.48. The number of aromatic nitrogens is 2. The van der Waals surface area contributed by atoms with Crippen molar-refractivity contribution in [2.45, 2.75) is 19.4 Å². The number of likely N-dealkylation sites (tertiary alicyclic amines) is 1. The predicted molar refractivity (Wildman–Crippen MR) is 66.7 cm³/mol. The van der Waals surface area contributed by atoms with Crippen LogP contribution >= 0.6 is 0 Å². The van der Waals surface area contributed by atoms with E-state index in [-0.39, 0.29) is 5.69 Å². The van der Waals surface area contributed by atoms with Crippen molar-refractivity contribution in [1.29, 1.82) is 0 Å². The van der Waals surface area contributed by atoms with E-state index < -0.39 is 5.97 Å². The summed E-state index contributed by atoms with van der Waals surface area (Å²) < 4.78 is 1.65. The molecule has 2 aromatic heterocycles. The third kappa shape index (κ3) is 1.97. The van der Waals surface area contributed by atoms with E-state index in [4.69, 9.17) is 5.11 Å². The zero-order chi connectivity index (χ0) is 12.5. The van der Waals surface area contributed by atoms with Crippen molar-refractivity contribution in [2.24, 2.45) is 0 Å². The van der Waals surface area contributed by atoms with Gasteiger partial charge in [0.1, 0.15) is 11.3 Å². The van der Waals surface area contributed by atoms with Crippen molar-refractivity contribution in [2.75, 3.05) is 13.1 Å². The molecule has 1 aliphatic rings. The molecule has 18 heavy (non-hydrogen) atoms. The lowest BCUT2D eigenvalue weighted by Crippen LogP contribution is -2.18. The Labute approximate surface area is 105 Å². The number of carboxylic acids is 1. The van der Waals surface area contributed by atoms with Gasteiger partial charge in [-0.1, -0.05) is 6.07 Å². The third-order valence-corrected chi connectivity index (χ3v) is 3.35. The van der Waals surface area contributed by atoms with Crippen LogP contribution in [0, 0.1) is 0 Å². The summed E-state index contributed by atoms with van der Waals surface area (Å²) in [4.78, 5) is 17.9. The molecule has 1 N–H and O–H groups in total. The molecule has 5 nitrogen and oxygen atoms in total. The molecule has 1 saturated heterocycles. The van der Waals surface area contributed by atoms with Crippen LogP contribution in [0.5, 0.6) is 0 Å². The number of hydrogen-bond donors (Lipinski definition) is 1. The molecule has 0 spiro atoms. The van der Waals surface area contributed by atoms with Crippen LogP contribution in [0.4, 0.5) is 0 Å². The monoisotopic (exact) mass is 245 g/mol. The standard InChI is InChI=1S/C13H15N3O2/c17-13(18)11-4-3-5-12-14-10(9-16(11)12)8-15-6-1-2-7-15/h3-5,9H,1-2,6-8H2,(H,17,18). The van der Waals surface area contributed by atoms with Gasteiger partial charge in [-0.15, -0.1) is 0 Å². The second-order valence-corrected chi connectivity index (χ2v) is 4.66. The van der Waals surface area contributed by atoms with E-state index in [1.54, 1.807) is 16.5 Å². The molecule has 0 radical (unpaired) electrons. The minimum Gasteiger partial charge on any atom is -0.477 e. The normalized spacial score (nSPS) is 16.4. The van der Waals surface area contributed by atoms with Gasteiger partial charge in [0.2, 0.25) is 0 Å². The van der Waals surface area contributed by atoms with Crippen molar-refractivity contribution >= 4 is 11.6 Å². The van der Waals surface area contributed by atoms with Gasteiger partial charge in [-0.05, 0) is 38.1 Å². The molecule has 5 heteroatoms. The second-order valence-electron chi connectivity index (χ2n) is 4.66. The summed E-state index contributed by atoms with van der Waals surface area (Å²) in [6, 6.07) is 5.15. The number of carbonyl (C=O) groups is 1. The highest BCUT2D eigenvalue weighted by atomic mass is 16.4. The van der Waals surface area contributed by atoms with E-state index in [1.165, 1.54) is 12.8 Å². The fourth-order valence-corrected chi connectivity index (χ4v) is 2.48. The zero-order valence-electron chi connectivity index (χ0n) is 10.0. The topological polar surface area (TPSA) is 57.8 Å². The highest BCUT2D eigenvalue weighted by Gasteiger charge is 2.15. The van der Waals surface area contributed by atoms with Gasteiger partial charge in [-0.2, -0.15) is 0 Å². The Bertz CT molecular complexity index is 585. The SMILES string of the molecule is O=C(O)c1cccc2nc(CN3CCCC3)cn12. The van der Waals surface area contributed by atoms with Crippen molar-refractivity contribution in [1.82, 2.24) is 14.3 Å². The van der Waals surface area contributed by atoms with E-state index in [0.29, 0.717) is 5.65 Å². The summed E-state index contributed by atoms with van der Waals surface area (Å²) >= 11 is 0. The van der Waals surface area contributed by atoms with Crippen molar-refractivity contribution < 1.29 is 9.90 Å². The molecule has 3 rings (SSSR count). The van der Waals surface area contributed by atoms with Gasteiger partial charge in [-0.3, -0.25) is 9.30 Å². The average molecular weight is 245 g/mol. The highest BCUT2D eigenvalue weighted by molar-refractivity contribution is 5.86. The molecule has 0 aromatic carbocycles. The molecule has 0 atom stereocenters. The van der Waals surface area contributed by atoms with Crippen molar-refractivity contribution in [3.63, 3.8) is 0 Å². The van der Waals surface area contributed by atoms with Crippen molar-refractivity contribution in [3.8, 4) is 0 Å². The smallest absolute Gasteiger partial charge is 0.352 e. The molecular weight excluding hydrogens is 230 g/mol. The lowest BCUT2D eigenvalue weighted by molar-refractivity contribution is 0.0689. The zero-order valence-corrected chi connectivity index (χ0v) is 10.0. The van der Waals surface area contributed by atoms with Crippen LogP contribution in [0.3, 0.4) is 0 Å². The number of carboxylic acid groups (broad SMARTS) is 1. The first-order chi connectivity index (χ1) is 8.74. The molecule has 0 aliphatic carbocycles. The largest absolute Gasteiger partial charge is 0.477 e. The van der Waals surface area contributed by atoms with E-state index in [2.05, 4.69) is 9.88 Å². The molecule has 2 aromatic rings. The molecule has 0 bridgehead atoms. The number of rotatable bonds is 3. The third-order valence-electron chi connectivity index (χ3n) is 3.35. The number of imidazole rings is 1. The molecular formula is C13H15N3O2. The van der Waals surface area contributed by atoms with E-state index in [1.807, 2.05) is 12.3 Å².